The zero-order valence-electron chi connectivity index (χ0n) is 13.8. The molecule has 1 aliphatic carbocycles. The van der Waals surface area contributed by atoms with Gasteiger partial charge in [0.25, 0.3) is 0 Å². The number of carbonyl (C=O) groups excluding carboxylic acids is 1. The summed E-state index contributed by atoms with van der Waals surface area (Å²) in [7, 11) is 0. The molecule has 1 aliphatic rings. The molecule has 1 aromatic rings. The molecule has 0 heterocycles. The van der Waals surface area contributed by atoms with Gasteiger partial charge in [0, 0.05) is 17.8 Å². The maximum absolute atomic E-state index is 12.3. The van der Waals surface area contributed by atoms with Gasteiger partial charge in [-0.15, -0.1) is 0 Å². The Hall–Kier alpha value is -1.35. The topological polar surface area (TPSA) is 32.3 Å². The third-order valence-electron chi connectivity index (χ3n) is 4.57. The Morgan fingerprint density at radius 2 is 1.90 bits per heavy atom. The van der Waals surface area contributed by atoms with E-state index < -0.39 is 0 Å². The quantitative estimate of drug-likeness (QED) is 0.891. The Labute approximate surface area is 128 Å². The molecule has 2 rings (SSSR count). The summed E-state index contributed by atoms with van der Waals surface area (Å²) in [5.41, 5.74) is 3.37. The number of hydrogen-bond donors (Lipinski definition) is 1. The van der Waals surface area contributed by atoms with Crippen molar-refractivity contribution in [3.8, 4) is 0 Å². The van der Waals surface area contributed by atoms with Gasteiger partial charge in [0.05, 0.1) is 6.54 Å². The molecule has 1 N–H and O–H groups in total. The van der Waals surface area contributed by atoms with Crippen molar-refractivity contribution in [2.24, 2.45) is 0 Å². The minimum atomic E-state index is 0.0962. The van der Waals surface area contributed by atoms with Crippen LogP contribution in [-0.4, -0.2) is 29.4 Å². The van der Waals surface area contributed by atoms with E-state index in [0.29, 0.717) is 18.6 Å². The van der Waals surface area contributed by atoms with Gasteiger partial charge >= 0.3 is 0 Å². The summed E-state index contributed by atoms with van der Waals surface area (Å²) in [5.74, 6) is 0.0962. The summed E-state index contributed by atoms with van der Waals surface area (Å²) in [6.07, 6.45) is 5.06. The fourth-order valence-electron chi connectivity index (χ4n) is 3.15. The van der Waals surface area contributed by atoms with E-state index in [2.05, 4.69) is 44.0 Å². The predicted molar refractivity (Wildman–Crippen MR) is 88.6 cm³/mol. The molecule has 0 radical (unpaired) electrons. The van der Waals surface area contributed by atoms with Crippen molar-refractivity contribution < 1.29 is 4.79 Å². The van der Waals surface area contributed by atoms with Crippen LogP contribution in [-0.2, 0) is 4.79 Å². The number of amides is 1. The number of nitrogens with one attached hydrogen (secondary N) is 1. The number of hydrogen-bond acceptors (Lipinski definition) is 2. The van der Waals surface area contributed by atoms with Crippen LogP contribution in [0.4, 0.5) is 5.69 Å². The standard InChI is InChI=1S/C18H28N2O/c1-13(2)20(17-7-5-6-8-17)12-18(21)19-16-10-9-14(3)15(4)11-16/h9-11,13,17H,5-8,12H2,1-4H3,(H,19,21). The molecule has 0 unspecified atom stereocenters. The molecule has 0 spiro atoms. The van der Waals surface area contributed by atoms with Crippen LogP contribution in [0.1, 0.15) is 50.7 Å². The normalized spacial score (nSPS) is 15.9. The SMILES string of the molecule is Cc1ccc(NC(=O)CN(C(C)C)C2CCCC2)cc1C. The summed E-state index contributed by atoms with van der Waals surface area (Å²) in [6.45, 7) is 9.02. The lowest BCUT2D eigenvalue weighted by atomic mass is 10.1. The second-order valence-corrected chi connectivity index (χ2v) is 6.55. The molecular weight excluding hydrogens is 260 g/mol. The van der Waals surface area contributed by atoms with Gasteiger partial charge in [-0.1, -0.05) is 18.9 Å². The highest BCUT2D eigenvalue weighted by Gasteiger charge is 2.26. The van der Waals surface area contributed by atoms with Crippen molar-refractivity contribution in [3.05, 3.63) is 29.3 Å². The van der Waals surface area contributed by atoms with E-state index in [-0.39, 0.29) is 5.91 Å². The van der Waals surface area contributed by atoms with Crippen molar-refractivity contribution in [1.29, 1.82) is 0 Å². The Morgan fingerprint density at radius 1 is 1.24 bits per heavy atom. The fraction of sp³-hybridized carbons (Fsp3) is 0.611. The first-order valence-electron chi connectivity index (χ1n) is 8.10. The molecule has 1 aromatic carbocycles. The third-order valence-corrected chi connectivity index (χ3v) is 4.57. The van der Waals surface area contributed by atoms with Gasteiger partial charge in [-0.2, -0.15) is 0 Å². The van der Waals surface area contributed by atoms with Gasteiger partial charge in [-0.05, 0) is 63.8 Å². The van der Waals surface area contributed by atoms with Crippen LogP contribution in [0.5, 0.6) is 0 Å². The van der Waals surface area contributed by atoms with E-state index >= 15 is 0 Å². The molecular formula is C18H28N2O. The number of rotatable bonds is 5. The molecule has 1 saturated carbocycles. The smallest absolute Gasteiger partial charge is 0.238 e. The average molecular weight is 288 g/mol. The number of nitrogens with zero attached hydrogens (tertiary/aromatic N) is 1. The first-order chi connectivity index (χ1) is 9.97. The third kappa shape index (κ3) is 4.31. The maximum atomic E-state index is 12.3. The second kappa shape index (κ2) is 7.08. The molecule has 0 aromatic heterocycles. The molecule has 0 atom stereocenters. The summed E-state index contributed by atoms with van der Waals surface area (Å²) in [5, 5.41) is 3.04. The van der Waals surface area contributed by atoms with Gasteiger partial charge in [-0.25, -0.2) is 0 Å². The largest absolute Gasteiger partial charge is 0.325 e. The molecule has 1 amide bonds. The lowest BCUT2D eigenvalue weighted by molar-refractivity contribution is -0.118. The molecule has 3 nitrogen and oxygen atoms in total. The first kappa shape index (κ1) is 16.0. The van der Waals surface area contributed by atoms with E-state index in [9.17, 15) is 4.79 Å². The fourth-order valence-corrected chi connectivity index (χ4v) is 3.15. The average Bonchev–Trinajstić information content (AvgIpc) is 2.93. The minimum absolute atomic E-state index is 0.0962. The predicted octanol–water partition coefficient (Wildman–Crippen LogP) is 3.89. The van der Waals surface area contributed by atoms with Gasteiger partial charge in [0.15, 0.2) is 0 Å². The van der Waals surface area contributed by atoms with E-state index in [1.165, 1.54) is 36.8 Å². The van der Waals surface area contributed by atoms with Crippen LogP contribution < -0.4 is 5.32 Å². The Morgan fingerprint density at radius 3 is 2.48 bits per heavy atom. The summed E-state index contributed by atoms with van der Waals surface area (Å²) in [4.78, 5) is 14.7. The first-order valence-corrected chi connectivity index (χ1v) is 8.10. The zero-order valence-corrected chi connectivity index (χ0v) is 13.8. The van der Waals surface area contributed by atoms with Crippen molar-refractivity contribution in [1.82, 2.24) is 4.90 Å². The molecule has 0 saturated heterocycles. The minimum Gasteiger partial charge on any atom is -0.325 e. The monoisotopic (exact) mass is 288 g/mol. The zero-order chi connectivity index (χ0) is 15.4. The van der Waals surface area contributed by atoms with Crippen molar-refractivity contribution in [2.45, 2.75) is 65.5 Å². The van der Waals surface area contributed by atoms with Crippen molar-refractivity contribution in [2.75, 3.05) is 11.9 Å². The summed E-state index contributed by atoms with van der Waals surface area (Å²) in [6, 6.07) is 7.08. The van der Waals surface area contributed by atoms with Crippen LogP contribution >= 0.6 is 0 Å². The van der Waals surface area contributed by atoms with E-state index in [4.69, 9.17) is 0 Å². The number of aryl methyl sites for hydroxylation is 2. The highest BCUT2D eigenvalue weighted by molar-refractivity contribution is 5.92. The summed E-state index contributed by atoms with van der Waals surface area (Å²) >= 11 is 0. The van der Waals surface area contributed by atoms with Crippen LogP contribution in [0.25, 0.3) is 0 Å². The van der Waals surface area contributed by atoms with Crippen LogP contribution in [0.15, 0.2) is 18.2 Å². The molecule has 21 heavy (non-hydrogen) atoms. The summed E-state index contributed by atoms with van der Waals surface area (Å²) < 4.78 is 0. The molecule has 3 heteroatoms. The molecule has 0 aliphatic heterocycles. The number of anilines is 1. The Bertz CT molecular complexity index is 490. The van der Waals surface area contributed by atoms with Gasteiger partial charge in [0.1, 0.15) is 0 Å². The molecule has 116 valence electrons. The van der Waals surface area contributed by atoms with E-state index in [1.54, 1.807) is 0 Å². The van der Waals surface area contributed by atoms with Crippen LogP contribution in [0, 0.1) is 13.8 Å². The number of benzene rings is 1. The Kier molecular flexibility index (Phi) is 5.40. The molecule has 1 fully saturated rings. The lowest BCUT2D eigenvalue weighted by Gasteiger charge is -2.31. The van der Waals surface area contributed by atoms with Crippen molar-refractivity contribution in [3.63, 3.8) is 0 Å². The van der Waals surface area contributed by atoms with Crippen LogP contribution in [0.2, 0.25) is 0 Å². The number of carbonyl (C=O) groups is 1. The highest BCUT2D eigenvalue weighted by atomic mass is 16.2. The van der Waals surface area contributed by atoms with Crippen LogP contribution in [0.3, 0.4) is 0 Å². The van der Waals surface area contributed by atoms with Gasteiger partial charge in [-0.3, -0.25) is 9.69 Å². The lowest BCUT2D eigenvalue weighted by Crippen LogP contribution is -2.43. The Balaban J connectivity index is 1.96. The van der Waals surface area contributed by atoms with Crippen molar-refractivity contribution >= 4 is 11.6 Å². The van der Waals surface area contributed by atoms with Gasteiger partial charge < -0.3 is 5.32 Å². The van der Waals surface area contributed by atoms with Gasteiger partial charge in [0.2, 0.25) is 5.91 Å². The highest BCUT2D eigenvalue weighted by Crippen LogP contribution is 2.25. The maximum Gasteiger partial charge on any atom is 0.238 e. The molecule has 0 bridgehead atoms. The van der Waals surface area contributed by atoms with E-state index in [1.807, 2.05) is 12.1 Å². The van der Waals surface area contributed by atoms with E-state index in [0.717, 1.165) is 5.69 Å². The second-order valence-electron chi connectivity index (χ2n) is 6.55.